The molecule has 0 spiro atoms. The normalized spacial score (nSPS) is 11.1. The van der Waals surface area contributed by atoms with E-state index in [0.717, 1.165) is 30.9 Å². The van der Waals surface area contributed by atoms with Gasteiger partial charge in [-0.15, -0.1) is 0 Å². The lowest BCUT2D eigenvalue weighted by molar-refractivity contribution is 0.565. The van der Waals surface area contributed by atoms with Crippen LogP contribution in [0.3, 0.4) is 0 Å². The van der Waals surface area contributed by atoms with Gasteiger partial charge in [0.2, 0.25) is 0 Å². The average Bonchev–Trinajstić information content (AvgIpc) is 2.79. The summed E-state index contributed by atoms with van der Waals surface area (Å²) in [7, 11) is 0. The average molecular weight is 279 g/mol. The van der Waals surface area contributed by atoms with E-state index in [2.05, 4.69) is 48.6 Å². The highest BCUT2D eigenvalue weighted by Gasteiger charge is 2.09. The molecule has 0 aliphatic heterocycles. The summed E-state index contributed by atoms with van der Waals surface area (Å²) in [6.45, 7) is 6.01. The van der Waals surface area contributed by atoms with Crippen LogP contribution >= 0.6 is 0 Å². The SMILES string of the molecule is Cc1cccc(CCNCc2c(C)oc3ccccc23)c1. The van der Waals surface area contributed by atoms with Gasteiger partial charge in [0.25, 0.3) is 0 Å². The quantitative estimate of drug-likeness (QED) is 0.701. The lowest BCUT2D eigenvalue weighted by Crippen LogP contribution is -2.17. The molecule has 0 saturated carbocycles. The molecule has 3 rings (SSSR count). The Hall–Kier alpha value is -2.06. The Bertz CT molecular complexity index is 742. The van der Waals surface area contributed by atoms with Gasteiger partial charge in [-0.3, -0.25) is 0 Å². The third kappa shape index (κ3) is 3.17. The second-order valence-electron chi connectivity index (χ2n) is 5.55. The van der Waals surface area contributed by atoms with Crippen LogP contribution in [0.1, 0.15) is 22.5 Å². The summed E-state index contributed by atoms with van der Waals surface area (Å²) in [5.74, 6) is 1.01. The van der Waals surface area contributed by atoms with Crippen LogP contribution in [-0.4, -0.2) is 6.54 Å². The first-order valence-electron chi connectivity index (χ1n) is 7.47. The van der Waals surface area contributed by atoms with E-state index in [1.165, 1.54) is 22.1 Å². The zero-order valence-electron chi connectivity index (χ0n) is 12.6. The molecule has 21 heavy (non-hydrogen) atoms. The molecule has 0 bridgehead atoms. The smallest absolute Gasteiger partial charge is 0.134 e. The van der Waals surface area contributed by atoms with Crippen molar-refractivity contribution in [3.8, 4) is 0 Å². The highest BCUT2D eigenvalue weighted by Crippen LogP contribution is 2.24. The second-order valence-corrected chi connectivity index (χ2v) is 5.55. The second kappa shape index (κ2) is 6.15. The van der Waals surface area contributed by atoms with Crippen molar-refractivity contribution < 1.29 is 4.42 Å². The Morgan fingerprint density at radius 3 is 2.71 bits per heavy atom. The zero-order valence-corrected chi connectivity index (χ0v) is 12.6. The van der Waals surface area contributed by atoms with E-state index >= 15 is 0 Å². The van der Waals surface area contributed by atoms with Crippen molar-refractivity contribution in [1.82, 2.24) is 5.32 Å². The van der Waals surface area contributed by atoms with Crippen molar-refractivity contribution in [2.75, 3.05) is 6.54 Å². The molecule has 0 unspecified atom stereocenters. The number of hydrogen-bond donors (Lipinski definition) is 1. The fraction of sp³-hybridized carbons (Fsp3) is 0.263. The first-order chi connectivity index (χ1) is 10.2. The van der Waals surface area contributed by atoms with Crippen LogP contribution < -0.4 is 5.32 Å². The molecule has 0 aliphatic rings. The van der Waals surface area contributed by atoms with E-state index in [0.29, 0.717) is 0 Å². The van der Waals surface area contributed by atoms with Gasteiger partial charge < -0.3 is 9.73 Å². The molecule has 1 heterocycles. The molecule has 0 saturated heterocycles. The molecule has 0 aliphatic carbocycles. The van der Waals surface area contributed by atoms with Gasteiger partial charge in [0.15, 0.2) is 0 Å². The van der Waals surface area contributed by atoms with Crippen LogP contribution in [0.5, 0.6) is 0 Å². The maximum atomic E-state index is 5.79. The van der Waals surface area contributed by atoms with Crippen molar-refractivity contribution in [3.05, 3.63) is 71.0 Å². The minimum atomic E-state index is 0.856. The van der Waals surface area contributed by atoms with E-state index < -0.39 is 0 Å². The molecule has 0 atom stereocenters. The summed E-state index contributed by atoms with van der Waals surface area (Å²) >= 11 is 0. The predicted molar refractivity (Wildman–Crippen MR) is 87.5 cm³/mol. The summed E-state index contributed by atoms with van der Waals surface area (Å²) in [5.41, 5.74) is 4.96. The topological polar surface area (TPSA) is 25.2 Å². The molecular formula is C19H21NO. The van der Waals surface area contributed by atoms with Gasteiger partial charge >= 0.3 is 0 Å². The number of fused-ring (bicyclic) bond motifs is 1. The highest BCUT2D eigenvalue weighted by molar-refractivity contribution is 5.82. The Morgan fingerprint density at radius 1 is 1.00 bits per heavy atom. The number of aryl methyl sites for hydroxylation is 2. The molecule has 1 aromatic heterocycles. The standard InChI is InChI=1S/C19H21NO/c1-14-6-5-7-16(12-14)10-11-20-13-18-15(2)21-19-9-4-3-8-17(18)19/h3-9,12,20H,10-11,13H2,1-2H3. The zero-order chi connectivity index (χ0) is 14.7. The molecule has 2 heteroatoms. The summed E-state index contributed by atoms with van der Waals surface area (Å²) < 4.78 is 5.79. The van der Waals surface area contributed by atoms with Crippen molar-refractivity contribution in [2.24, 2.45) is 0 Å². The molecule has 3 aromatic rings. The largest absolute Gasteiger partial charge is 0.461 e. The number of nitrogens with one attached hydrogen (secondary N) is 1. The van der Waals surface area contributed by atoms with Crippen LogP contribution in [0.2, 0.25) is 0 Å². The summed E-state index contributed by atoms with van der Waals surface area (Å²) in [4.78, 5) is 0. The third-order valence-electron chi connectivity index (χ3n) is 3.87. The minimum Gasteiger partial charge on any atom is -0.461 e. The molecule has 1 N–H and O–H groups in total. The maximum Gasteiger partial charge on any atom is 0.134 e. The van der Waals surface area contributed by atoms with Gasteiger partial charge in [0.1, 0.15) is 11.3 Å². The Labute approximate surface area is 125 Å². The van der Waals surface area contributed by atoms with Crippen LogP contribution in [0.4, 0.5) is 0 Å². The van der Waals surface area contributed by atoms with Crippen LogP contribution in [0, 0.1) is 13.8 Å². The Kier molecular flexibility index (Phi) is 4.07. The first-order valence-corrected chi connectivity index (χ1v) is 7.47. The van der Waals surface area contributed by atoms with Crippen molar-refractivity contribution in [2.45, 2.75) is 26.8 Å². The maximum absolute atomic E-state index is 5.79. The number of benzene rings is 2. The van der Waals surface area contributed by atoms with Crippen molar-refractivity contribution >= 4 is 11.0 Å². The summed E-state index contributed by atoms with van der Waals surface area (Å²) in [6, 6.07) is 16.9. The number of furan rings is 1. The first kappa shape index (κ1) is 13.9. The van der Waals surface area contributed by atoms with E-state index in [1.54, 1.807) is 0 Å². The van der Waals surface area contributed by atoms with E-state index in [-0.39, 0.29) is 0 Å². The lowest BCUT2D eigenvalue weighted by atomic mass is 10.1. The highest BCUT2D eigenvalue weighted by atomic mass is 16.3. The molecule has 0 fully saturated rings. The number of rotatable bonds is 5. The van der Waals surface area contributed by atoms with Crippen LogP contribution in [-0.2, 0) is 13.0 Å². The summed E-state index contributed by atoms with van der Waals surface area (Å²) in [6.07, 6.45) is 1.05. The van der Waals surface area contributed by atoms with Crippen molar-refractivity contribution in [3.63, 3.8) is 0 Å². The summed E-state index contributed by atoms with van der Waals surface area (Å²) in [5, 5.41) is 4.75. The van der Waals surface area contributed by atoms with Gasteiger partial charge in [0, 0.05) is 17.5 Å². The molecule has 0 radical (unpaired) electrons. The molecule has 2 nitrogen and oxygen atoms in total. The molecule has 2 aromatic carbocycles. The van der Waals surface area contributed by atoms with Crippen LogP contribution in [0.25, 0.3) is 11.0 Å². The number of para-hydroxylation sites is 1. The molecular weight excluding hydrogens is 258 g/mol. The van der Waals surface area contributed by atoms with Gasteiger partial charge in [0.05, 0.1) is 0 Å². The number of hydrogen-bond acceptors (Lipinski definition) is 2. The molecule has 108 valence electrons. The van der Waals surface area contributed by atoms with E-state index in [1.807, 2.05) is 19.1 Å². The Morgan fingerprint density at radius 2 is 1.86 bits per heavy atom. The predicted octanol–water partition coefficient (Wildman–Crippen LogP) is 4.38. The molecule has 0 amide bonds. The fourth-order valence-electron chi connectivity index (χ4n) is 2.75. The van der Waals surface area contributed by atoms with Gasteiger partial charge in [-0.25, -0.2) is 0 Å². The van der Waals surface area contributed by atoms with Crippen molar-refractivity contribution in [1.29, 1.82) is 0 Å². The minimum absolute atomic E-state index is 0.856. The van der Waals surface area contributed by atoms with Gasteiger partial charge in [-0.2, -0.15) is 0 Å². The monoisotopic (exact) mass is 279 g/mol. The van der Waals surface area contributed by atoms with Gasteiger partial charge in [-0.1, -0.05) is 48.0 Å². The van der Waals surface area contributed by atoms with E-state index in [9.17, 15) is 0 Å². The van der Waals surface area contributed by atoms with Crippen LogP contribution in [0.15, 0.2) is 52.9 Å². The lowest BCUT2D eigenvalue weighted by Gasteiger charge is -2.05. The van der Waals surface area contributed by atoms with E-state index in [4.69, 9.17) is 4.42 Å². The van der Waals surface area contributed by atoms with Gasteiger partial charge in [-0.05, 0) is 38.4 Å². The third-order valence-corrected chi connectivity index (χ3v) is 3.87. The fourth-order valence-corrected chi connectivity index (χ4v) is 2.75. The Balaban J connectivity index is 1.61.